The molecule has 1 aromatic rings. The van der Waals surface area contributed by atoms with Crippen LogP contribution in [0.15, 0.2) is 30.3 Å². The smallest absolute Gasteiger partial charge is 0.227 e. The lowest BCUT2D eigenvalue weighted by Crippen LogP contribution is -2.49. The number of benzene rings is 1. The predicted octanol–water partition coefficient (Wildman–Crippen LogP) is 3.29. The van der Waals surface area contributed by atoms with Crippen LogP contribution in [0.2, 0.25) is 0 Å². The number of hydrogen-bond donors (Lipinski definition) is 1. The van der Waals surface area contributed by atoms with E-state index in [4.69, 9.17) is 4.74 Å². The molecule has 1 aliphatic heterocycles. The lowest BCUT2D eigenvalue weighted by molar-refractivity contribution is -0.125. The monoisotopic (exact) mass is 346 g/mol. The Hall–Kier alpha value is -1.39. The molecule has 1 amide bonds. The highest BCUT2D eigenvalue weighted by molar-refractivity contribution is 5.84. The van der Waals surface area contributed by atoms with Crippen LogP contribution >= 0.6 is 0 Å². The minimum Gasteiger partial charge on any atom is -0.374 e. The Bertz CT molecular complexity index is 518. The van der Waals surface area contributed by atoms with Crippen LogP contribution in [0.25, 0.3) is 0 Å². The standard InChI is InChI=1S/C21H34N2O2/c1-5-17(4)20(18-9-7-6-8-10-18)21(24)22-13-19-15-23(11-12-25-19)14-16(2)3/h6-10,16-17,19-20H,5,11-15H2,1-4H3,(H,22,24). The molecule has 3 unspecified atom stereocenters. The molecule has 4 heteroatoms. The zero-order chi connectivity index (χ0) is 18.2. The number of nitrogens with zero attached hydrogens (tertiary/aromatic N) is 1. The summed E-state index contributed by atoms with van der Waals surface area (Å²) in [4.78, 5) is 15.3. The highest BCUT2D eigenvalue weighted by Gasteiger charge is 2.27. The summed E-state index contributed by atoms with van der Waals surface area (Å²) in [6.45, 7) is 13.1. The fourth-order valence-corrected chi connectivity index (χ4v) is 3.54. The topological polar surface area (TPSA) is 41.6 Å². The van der Waals surface area contributed by atoms with Crippen LogP contribution in [0.1, 0.15) is 45.6 Å². The van der Waals surface area contributed by atoms with E-state index >= 15 is 0 Å². The van der Waals surface area contributed by atoms with E-state index in [0.29, 0.717) is 18.4 Å². The quantitative estimate of drug-likeness (QED) is 0.785. The number of hydrogen-bond acceptors (Lipinski definition) is 3. The van der Waals surface area contributed by atoms with Crippen LogP contribution in [-0.4, -0.2) is 49.7 Å². The molecule has 1 heterocycles. The van der Waals surface area contributed by atoms with Gasteiger partial charge in [-0.3, -0.25) is 9.69 Å². The summed E-state index contributed by atoms with van der Waals surface area (Å²) < 4.78 is 5.86. The predicted molar refractivity (Wildman–Crippen MR) is 103 cm³/mol. The Kier molecular flexibility index (Phi) is 7.91. The van der Waals surface area contributed by atoms with Crippen molar-refractivity contribution in [1.29, 1.82) is 0 Å². The first-order valence-corrected chi connectivity index (χ1v) is 9.67. The number of carbonyl (C=O) groups is 1. The molecule has 0 bridgehead atoms. The summed E-state index contributed by atoms with van der Waals surface area (Å²) in [6, 6.07) is 10.1. The molecule has 2 rings (SSSR count). The van der Waals surface area contributed by atoms with E-state index in [1.54, 1.807) is 0 Å². The van der Waals surface area contributed by atoms with Gasteiger partial charge >= 0.3 is 0 Å². The van der Waals surface area contributed by atoms with Gasteiger partial charge in [0, 0.05) is 26.2 Å². The van der Waals surface area contributed by atoms with Crippen molar-refractivity contribution in [2.75, 3.05) is 32.8 Å². The van der Waals surface area contributed by atoms with Crippen molar-refractivity contribution in [3.8, 4) is 0 Å². The summed E-state index contributed by atoms with van der Waals surface area (Å²) in [5.74, 6) is 0.986. The second-order valence-electron chi connectivity index (χ2n) is 7.67. The zero-order valence-electron chi connectivity index (χ0n) is 16.2. The number of morpholine rings is 1. The maximum atomic E-state index is 12.9. The van der Waals surface area contributed by atoms with Gasteiger partial charge in [-0.25, -0.2) is 0 Å². The minimum absolute atomic E-state index is 0.0878. The molecule has 1 aromatic carbocycles. The van der Waals surface area contributed by atoms with Gasteiger partial charge in [-0.15, -0.1) is 0 Å². The van der Waals surface area contributed by atoms with Gasteiger partial charge in [0.2, 0.25) is 5.91 Å². The van der Waals surface area contributed by atoms with Crippen molar-refractivity contribution in [3.63, 3.8) is 0 Å². The van der Waals surface area contributed by atoms with E-state index in [1.807, 2.05) is 18.2 Å². The van der Waals surface area contributed by atoms with Crippen LogP contribution in [0.5, 0.6) is 0 Å². The number of nitrogens with one attached hydrogen (secondary N) is 1. The van der Waals surface area contributed by atoms with E-state index in [9.17, 15) is 4.79 Å². The average Bonchev–Trinajstić information content (AvgIpc) is 2.60. The van der Waals surface area contributed by atoms with E-state index in [-0.39, 0.29) is 17.9 Å². The second-order valence-corrected chi connectivity index (χ2v) is 7.67. The van der Waals surface area contributed by atoms with Gasteiger partial charge in [-0.1, -0.05) is 64.4 Å². The van der Waals surface area contributed by atoms with Gasteiger partial charge in [-0.05, 0) is 17.4 Å². The van der Waals surface area contributed by atoms with Gasteiger partial charge in [0.25, 0.3) is 0 Å². The molecule has 1 saturated heterocycles. The first kappa shape index (κ1) is 19.9. The van der Waals surface area contributed by atoms with Crippen molar-refractivity contribution in [3.05, 3.63) is 35.9 Å². The fourth-order valence-electron chi connectivity index (χ4n) is 3.54. The molecule has 0 aromatic heterocycles. The van der Waals surface area contributed by atoms with Crippen LogP contribution in [0, 0.1) is 11.8 Å². The molecule has 1 N–H and O–H groups in total. The molecule has 4 nitrogen and oxygen atoms in total. The van der Waals surface area contributed by atoms with Crippen molar-refractivity contribution in [1.82, 2.24) is 10.2 Å². The SMILES string of the molecule is CCC(C)C(C(=O)NCC1CN(CC(C)C)CCO1)c1ccccc1. The number of rotatable bonds is 8. The van der Waals surface area contributed by atoms with E-state index in [1.165, 1.54) is 0 Å². The van der Waals surface area contributed by atoms with E-state index in [2.05, 4.69) is 50.0 Å². The molecule has 3 atom stereocenters. The molecule has 1 fully saturated rings. The molecular weight excluding hydrogens is 312 g/mol. The van der Waals surface area contributed by atoms with Gasteiger partial charge in [0.1, 0.15) is 0 Å². The van der Waals surface area contributed by atoms with Gasteiger partial charge < -0.3 is 10.1 Å². The van der Waals surface area contributed by atoms with Crippen LogP contribution in [0.4, 0.5) is 0 Å². The maximum Gasteiger partial charge on any atom is 0.227 e. The van der Waals surface area contributed by atoms with Gasteiger partial charge in [0.05, 0.1) is 18.6 Å². The number of carbonyl (C=O) groups excluding carboxylic acids is 1. The van der Waals surface area contributed by atoms with Crippen molar-refractivity contribution in [2.24, 2.45) is 11.8 Å². The Morgan fingerprint density at radius 2 is 2.00 bits per heavy atom. The summed E-state index contributed by atoms with van der Waals surface area (Å²) in [6.07, 6.45) is 1.07. The number of amides is 1. The third kappa shape index (κ3) is 6.12. The van der Waals surface area contributed by atoms with Crippen molar-refractivity contribution in [2.45, 2.75) is 46.1 Å². The lowest BCUT2D eigenvalue weighted by Gasteiger charge is -2.34. The summed E-state index contributed by atoms with van der Waals surface area (Å²) >= 11 is 0. The summed E-state index contributed by atoms with van der Waals surface area (Å²) in [5, 5.41) is 3.15. The fraction of sp³-hybridized carbons (Fsp3) is 0.667. The molecule has 0 spiro atoms. The van der Waals surface area contributed by atoms with E-state index in [0.717, 1.165) is 38.2 Å². The number of ether oxygens (including phenoxy) is 1. The summed E-state index contributed by atoms with van der Waals surface area (Å²) in [5.41, 5.74) is 1.10. The molecule has 1 aliphatic rings. The van der Waals surface area contributed by atoms with Gasteiger partial charge in [0.15, 0.2) is 0 Å². The van der Waals surface area contributed by atoms with Crippen molar-refractivity contribution >= 4 is 5.91 Å². The maximum absolute atomic E-state index is 12.9. The Labute approximate surface area is 152 Å². The Balaban J connectivity index is 1.92. The van der Waals surface area contributed by atoms with E-state index < -0.39 is 0 Å². The Morgan fingerprint density at radius 3 is 2.64 bits per heavy atom. The zero-order valence-corrected chi connectivity index (χ0v) is 16.2. The normalized spacial score (nSPS) is 21.1. The first-order chi connectivity index (χ1) is 12.0. The molecule has 140 valence electrons. The van der Waals surface area contributed by atoms with Crippen LogP contribution in [-0.2, 0) is 9.53 Å². The highest BCUT2D eigenvalue weighted by atomic mass is 16.5. The van der Waals surface area contributed by atoms with Crippen LogP contribution in [0.3, 0.4) is 0 Å². The third-order valence-corrected chi connectivity index (χ3v) is 5.00. The largest absolute Gasteiger partial charge is 0.374 e. The Morgan fingerprint density at radius 1 is 1.28 bits per heavy atom. The lowest BCUT2D eigenvalue weighted by atomic mass is 9.85. The molecule has 0 radical (unpaired) electrons. The third-order valence-electron chi connectivity index (χ3n) is 5.00. The molecule has 0 saturated carbocycles. The summed E-state index contributed by atoms with van der Waals surface area (Å²) in [7, 11) is 0. The molecule has 0 aliphatic carbocycles. The molecule has 25 heavy (non-hydrogen) atoms. The second kappa shape index (κ2) is 9.93. The highest BCUT2D eigenvalue weighted by Crippen LogP contribution is 2.27. The first-order valence-electron chi connectivity index (χ1n) is 9.67. The minimum atomic E-state index is -0.0958. The van der Waals surface area contributed by atoms with Gasteiger partial charge in [-0.2, -0.15) is 0 Å². The average molecular weight is 347 g/mol. The van der Waals surface area contributed by atoms with Crippen molar-refractivity contribution < 1.29 is 9.53 Å². The van der Waals surface area contributed by atoms with Crippen LogP contribution < -0.4 is 5.32 Å². The molecular formula is C21H34N2O2.